The highest BCUT2D eigenvalue weighted by Gasteiger charge is 1.99. The molecule has 0 aliphatic rings. The Morgan fingerprint density at radius 3 is 2.50 bits per heavy atom. The summed E-state index contributed by atoms with van der Waals surface area (Å²) in [4.78, 5) is 0. The molecule has 0 saturated heterocycles. The minimum Gasteiger partial charge on any atom is -0.310 e. The summed E-state index contributed by atoms with van der Waals surface area (Å²) in [5, 5.41) is 3.50. The van der Waals surface area contributed by atoms with Gasteiger partial charge in [0.05, 0.1) is 0 Å². The summed E-state index contributed by atoms with van der Waals surface area (Å²) in [6.45, 7) is 9.73. The first-order valence-corrected chi connectivity index (χ1v) is 5.43. The Morgan fingerprint density at radius 1 is 1.21 bits per heavy atom. The van der Waals surface area contributed by atoms with Crippen molar-refractivity contribution in [1.82, 2.24) is 5.32 Å². The molecular weight excluding hydrogens is 170 g/mol. The van der Waals surface area contributed by atoms with Crippen LogP contribution in [0.2, 0.25) is 0 Å². The van der Waals surface area contributed by atoms with Gasteiger partial charge in [0.2, 0.25) is 0 Å². The van der Waals surface area contributed by atoms with Gasteiger partial charge in [-0.3, -0.25) is 0 Å². The highest BCUT2D eigenvalue weighted by molar-refractivity contribution is 5.29. The Hall–Kier alpha value is -0.820. The number of aryl methyl sites for hydroxylation is 2. The summed E-state index contributed by atoms with van der Waals surface area (Å²) in [7, 11) is 0. The van der Waals surface area contributed by atoms with E-state index in [-0.39, 0.29) is 0 Å². The Labute approximate surface area is 87.5 Å². The number of hydrogen-bond donors (Lipinski definition) is 1. The molecule has 0 aliphatic carbocycles. The first-order valence-electron chi connectivity index (χ1n) is 5.43. The topological polar surface area (TPSA) is 12.0 Å². The number of rotatable bonds is 4. The van der Waals surface area contributed by atoms with Gasteiger partial charge in [0.25, 0.3) is 0 Å². The van der Waals surface area contributed by atoms with E-state index < -0.39 is 0 Å². The van der Waals surface area contributed by atoms with Gasteiger partial charge in [-0.05, 0) is 43.9 Å². The molecule has 1 heteroatoms. The van der Waals surface area contributed by atoms with Crippen LogP contribution in [0.5, 0.6) is 0 Å². The zero-order valence-electron chi connectivity index (χ0n) is 9.72. The van der Waals surface area contributed by atoms with Crippen LogP contribution in [0.25, 0.3) is 0 Å². The number of nitrogens with one attached hydrogen (secondary N) is 1. The van der Waals surface area contributed by atoms with E-state index in [1.807, 2.05) is 0 Å². The van der Waals surface area contributed by atoms with Crippen molar-refractivity contribution in [3.05, 3.63) is 34.9 Å². The maximum atomic E-state index is 3.50. The van der Waals surface area contributed by atoms with Gasteiger partial charge in [-0.25, -0.2) is 0 Å². The number of benzene rings is 1. The Bertz CT molecular complexity index is 291. The van der Waals surface area contributed by atoms with Gasteiger partial charge in [0, 0.05) is 12.6 Å². The summed E-state index contributed by atoms with van der Waals surface area (Å²) in [6.07, 6.45) is 1.19. The molecule has 0 bridgehead atoms. The van der Waals surface area contributed by atoms with Crippen LogP contribution < -0.4 is 5.32 Å². The van der Waals surface area contributed by atoms with Crippen LogP contribution >= 0.6 is 0 Å². The molecule has 0 heterocycles. The van der Waals surface area contributed by atoms with Gasteiger partial charge >= 0.3 is 0 Å². The van der Waals surface area contributed by atoms with E-state index in [4.69, 9.17) is 0 Å². The second kappa shape index (κ2) is 5.16. The SMILES string of the molecule is CC[C@@H](C)NCc1ccc(C)c(C)c1. The summed E-state index contributed by atoms with van der Waals surface area (Å²) in [5.74, 6) is 0. The van der Waals surface area contributed by atoms with E-state index in [2.05, 4.69) is 51.2 Å². The fraction of sp³-hybridized carbons (Fsp3) is 0.538. The standard InChI is InChI=1S/C13H21N/c1-5-12(4)14-9-13-7-6-10(2)11(3)8-13/h6-8,12,14H,5,9H2,1-4H3/t12-/m1/s1. The molecule has 0 spiro atoms. The minimum atomic E-state index is 0.608. The largest absolute Gasteiger partial charge is 0.310 e. The summed E-state index contributed by atoms with van der Waals surface area (Å²) < 4.78 is 0. The second-order valence-electron chi connectivity index (χ2n) is 4.11. The molecule has 0 radical (unpaired) electrons. The third-order valence-electron chi connectivity index (χ3n) is 2.84. The van der Waals surface area contributed by atoms with Crippen molar-refractivity contribution in [2.24, 2.45) is 0 Å². The lowest BCUT2D eigenvalue weighted by Crippen LogP contribution is -2.24. The summed E-state index contributed by atoms with van der Waals surface area (Å²) in [6, 6.07) is 7.28. The molecule has 14 heavy (non-hydrogen) atoms. The van der Waals surface area contributed by atoms with Crippen LogP contribution in [-0.2, 0) is 6.54 Å². The maximum Gasteiger partial charge on any atom is 0.0208 e. The van der Waals surface area contributed by atoms with Crippen molar-refractivity contribution < 1.29 is 0 Å². The molecule has 0 aromatic heterocycles. The lowest BCUT2D eigenvalue weighted by atomic mass is 10.1. The lowest BCUT2D eigenvalue weighted by molar-refractivity contribution is 0.534. The van der Waals surface area contributed by atoms with E-state index in [9.17, 15) is 0 Å². The molecule has 78 valence electrons. The van der Waals surface area contributed by atoms with Crippen LogP contribution in [0.3, 0.4) is 0 Å². The molecule has 0 aliphatic heterocycles. The third kappa shape index (κ3) is 3.15. The monoisotopic (exact) mass is 191 g/mol. The van der Waals surface area contributed by atoms with Crippen molar-refractivity contribution in [2.75, 3.05) is 0 Å². The third-order valence-corrected chi connectivity index (χ3v) is 2.84. The molecule has 1 N–H and O–H groups in total. The predicted octanol–water partition coefficient (Wildman–Crippen LogP) is 3.19. The number of hydrogen-bond acceptors (Lipinski definition) is 1. The van der Waals surface area contributed by atoms with Crippen molar-refractivity contribution in [3.8, 4) is 0 Å². The normalized spacial score (nSPS) is 12.9. The molecule has 0 saturated carbocycles. The van der Waals surface area contributed by atoms with E-state index in [1.165, 1.54) is 23.1 Å². The zero-order valence-corrected chi connectivity index (χ0v) is 9.72. The average Bonchev–Trinajstić information content (AvgIpc) is 2.19. The molecule has 1 atom stereocenters. The van der Waals surface area contributed by atoms with Gasteiger partial charge in [0.15, 0.2) is 0 Å². The fourth-order valence-corrected chi connectivity index (χ4v) is 1.35. The fourth-order valence-electron chi connectivity index (χ4n) is 1.35. The quantitative estimate of drug-likeness (QED) is 0.770. The van der Waals surface area contributed by atoms with E-state index in [1.54, 1.807) is 0 Å². The van der Waals surface area contributed by atoms with E-state index in [0.29, 0.717) is 6.04 Å². The van der Waals surface area contributed by atoms with E-state index >= 15 is 0 Å². The van der Waals surface area contributed by atoms with Crippen molar-refractivity contribution in [3.63, 3.8) is 0 Å². The first kappa shape index (κ1) is 11.3. The van der Waals surface area contributed by atoms with Gasteiger partial charge in [-0.1, -0.05) is 25.1 Å². The van der Waals surface area contributed by atoms with Gasteiger partial charge in [-0.15, -0.1) is 0 Å². The Balaban J connectivity index is 2.55. The van der Waals surface area contributed by atoms with Crippen molar-refractivity contribution >= 4 is 0 Å². The van der Waals surface area contributed by atoms with Crippen molar-refractivity contribution in [2.45, 2.75) is 46.7 Å². The maximum absolute atomic E-state index is 3.50. The summed E-state index contributed by atoms with van der Waals surface area (Å²) >= 11 is 0. The highest BCUT2D eigenvalue weighted by atomic mass is 14.9. The second-order valence-corrected chi connectivity index (χ2v) is 4.11. The average molecular weight is 191 g/mol. The highest BCUT2D eigenvalue weighted by Crippen LogP contribution is 2.09. The minimum absolute atomic E-state index is 0.608. The predicted molar refractivity (Wildman–Crippen MR) is 62.5 cm³/mol. The van der Waals surface area contributed by atoms with Gasteiger partial charge in [0.1, 0.15) is 0 Å². The zero-order chi connectivity index (χ0) is 10.6. The van der Waals surface area contributed by atoms with Gasteiger partial charge < -0.3 is 5.32 Å². The molecule has 1 aromatic carbocycles. The molecule has 1 rings (SSSR count). The van der Waals surface area contributed by atoms with Crippen LogP contribution in [0.15, 0.2) is 18.2 Å². The van der Waals surface area contributed by atoms with E-state index in [0.717, 1.165) is 6.54 Å². The molecule has 0 amide bonds. The van der Waals surface area contributed by atoms with Crippen LogP contribution in [0, 0.1) is 13.8 Å². The van der Waals surface area contributed by atoms with Crippen LogP contribution in [0.1, 0.15) is 37.0 Å². The smallest absolute Gasteiger partial charge is 0.0208 e. The van der Waals surface area contributed by atoms with Crippen LogP contribution in [-0.4, -0.2) is 6.04 Å². The Morgan fingerprint density at radius 2 is 1.93 bits per heavy atom. The summed E-state index contributed by atoms with van der Waals surface area (Å²) in [5.41, 5.74) is 4.14. The Kier molecular flexibility index (Phi) is 4.15. The molecule has 1 aromatic rings. The van der Waals surface area contributed by atoms with Crippen LogP contribution in [0.4, 0.5) is 0 Å². The molecule has 0 unspecified atom stereocenters. The lowest BCUT2D eigenvalue weighted by Gasteiger charge is -2.12. The van der Waals surface area contributed by atoms with Crippen molar-refractivity contribution in [1.29, 1.82) is 0 Å². The molecule has 1 nitrogen and oxygen atoms in total. The molecule has 0 fully saturated rings. The van der Waals surface area contributed by atoms with Gasteiger partial charge in [-0.2, -0.15) is 0 Å². The first-order chi connectivity index (χ1) is 6.63. The molecular formula is C13H21N.